The summed E-state index contributed by atoms with van der Waals surface area (Å²) in [5.74, 6) is -5.44. The molecule has 2 heterocycles. The molecule has 2 aromatic carbocycles. The fraction of sp³-hybridized carbons (Fsp3) is 0.382. The Bertz CT molecular complexity index is 2440. The van der Waals surface area contributed by atoms with E-state index >= 15 is 0 Å². The Balaban J connectivity index is 0.000000361. The maximum atomic E-state index is 12.3. The van der Waals surface area contributed by atoms with Gasteiger partial charge >= 0.3 is 36.9 Å². The Morgan fingerprint density at radius 3 is 1.98 bits per heavy atom. The molecule has 63 heavy (non-hydrogen) atoms. The lowest BCUT2D eigenvalue weighted by atomic mass is 9.97. The summed E-state index contributed by atoms with van der Waals surface area (Å²) in [5, 5.41) is 23.9. The van der Waals surface area contributed by atoms with Crippen molar-refractivity contribution in [1.82, 2.24) is 24.5 Å². The molecule has 0 aliphatic carbocycles. The predicted molar refractivity (Wildman–Crippen MR) is 215 cm³/mol. The van der Waals surface area contributed by atoms with Crippen LogP contribution in [0, 0.1) is 0 Å². The largest absolute Gasteiger partial charge is 0.489 e. The number of amides is 2. The zero-order valence-corrected chi connectivity index (χ0v) is 36.8. The molecule has 0 radical (unpaired) electrons. The molecule has 2 atom stereocenters. The highest BCUT2D eigenvalue weighted by atomic mass is 35.5. The number of aliphatic carboxylic acids is 1. The standard InChI is InChI=1S/C15H18Cl2N2O3.C14H10F4N4O7S.C5H12NO4P/c1-8(2)21-12-7-11(9(16)6-10(12)17)19-14(20)22-13(18-19)15(3,4)5;15-11(16)28-8-5-9(29-12(17)18)20-13(19-8)21-14(25)22-30(26,27)7-4-2-1-3-6(7)10(23)24;1-11(9,10)3-2-4(6)5(7)8/h6-8H,1-5H3;1-5,11-12H,(H,23,24)(H2,19,20,21,22,25);4H,2-3,6H2,1H3,(H,7,8)(H,9,10). The number of carboxylic acids is 2. The quantitative estimate of drug-likeness (QED) is 0.0606. The van der Waals surface area contributed by atoms with Gasteiger partial charge in [0.25, 0.3) is 10.0 Å². The predicted octanol–water partition coefficient (Wildman–Crippen LogP) is 5.79. The molecule has 0 saturated carbocycles. The van der Waals surface area contributed by atoms with Gasteiger partial charge < -0.3 is 39.5 Å². The van der Waals surface area contributed by atoms with Gasteiger partial charge in [-0.1, -0.05) is 56.1 Å². The lowest BCUT2D eigenvalue weighted by Gasteiger charge is -2.13. The van der Waals surface area contributed by atoms with Gasteiger partial charge in [-0.25, -0.2) is 27.5 Å². The zero-order valence-electron chi connectivity index (χ0n) is 33.6. The first-order valence-electron chi connectivity index (χ1n) is 17.4. The van der Waals surface area contributed by atoms with E-state index in [1.165, 1.54) is 29.6 Å². The number of carboxylic acid groups (broad SMARTS) is 2. The number of sulfonamides is 1. The second-order valence-electron chi connectivity index (χ2n) is 13.7. The summed E-state index contributed by atoms with van der Waals surface area (Å²) in [6, 6.07) is 5.30. The highest BCUT2D eigenvalue weighted by Gasteiger charge is 2.26. The van der Waals surface area contributed by atoms with E-state index in [-0.39, 0.29) is 29.1 Å². The Labute approximate surface area is 365 Å². The molecule has 0 spiro atoms. The number of rotatable bonds is 15. The summed E-state index contributed by atoms with van der Waals surface area (Å²) >= 11 is 12.3. The minimum absolute atomic E-state index is 0.0412. The van der Waals surface area contributed by atoms with E-state index in [1.54, 1.807) is 11.4 Å². The fourth-order valence-electron chi connectivity index (χ4n) is 4.21. The van der Waals surface area contributed by atoms with E-state index in [9.17, 15) is 49.7 Å². The van der Waals surface area contributed by atoms with Gasteiger partial charge in [0.1, 0.15) is 16.7 Å². The van der Waals surface area contributed by atoms with Gasteiger partial charge in [-0.2, -0.15) is 32.2 Å². The number of benzene rings is 2. The molecular formula is C34H40Cl2F4N7O14PS. The number of halogens is 6. The minimum atomic E-state index is -4.71. The second kappa shape index (κ2) is 22.7. The molecule has 4 aromatic rings. The summed E-state index contributed by atoms with van der Waals surface area (Å²) < 4.78 is 106. The topological polar surface area (TPSA) is 315 Å². The van der Waals surface area contributed by atoms with Crippen LogP contribution < -0.4 is 35.7 Å². The average Bonchev–Trinajstić information content (AvgIpc) is 3.52. The van der Waals surface area contributed by atoms with Crippen LogP contribution in [0.2, 0.25) is 10.0 Å². The van der Waals surface area contributed by atoms with E-state index in [1.807, 2.05) is 34.6 Å². The number of nitrogens with one attached hydrogen (secondary N) is 2. The third-order valence-electron chi connectivity index (χ3n) is 6.91. The van der Waals surface area contributed by atoms with Crippen LogP contribution in [-0.4, -0.2) is 99.4 Å². The number of aromatic carboxylic acids is 1. The number of nitrogens with two attached hydrogens (primary N) is 1. The van der Waals surface area contributed by atoms with Crippen molar-refractivity contribution in [2.45, 2.75) is 76.7 Å². The SMILES string of the molecule is CC(C)Oc1cc(-n2nc(C(C)(C)C)oc2=O)c(Cl)cc1Cl.CP(=O)(O)CCC(N)C(=O)O.O=C(Nc1nc(OC(F)F)cc(OC(F)F)n1)NS(=O)(=O)c1ccccc1C(=O)O. The van der Waals surface area contributed by atoms with Crippen molar-refractivity contribution in [3.8, 4) is 23.2 Å². The first-order valence-corrected chi connectivity index (χ1v) is 21.9. The Hall–Kier alpha value is -5.53. The fourth-order valence-corrected chi connectivity index (χ4v) is 6.58. The van der Waals surface area contributed by atoms with E-state index in [0.717, 1.165) is 16.8 Å². The van der Waals surface area contributed by atoms with Crippen LogP contribution in [0.4, 0.5) is 28.3 Å². The second-order valence-corrected chi connectivity index (χ2v) is 18.7. The molecule has 29 heteroatoms. The zero-order chi connectivity index (χ0) is 48.2. The summed E-state index contributed by atoms with van der Waals surface area (Å²) in [6.45, 7) is 3.83. The molecule has 0 saturated heterocycles. The third kappa shape index (κ3) is 18.0. The van der Waals surface area contributed by atoms with Gasteiger partial charge in [0.2, 0.25) is 23.6 Å². The third-order valence-corrected chi connectivity index (χ3v) is 9.99. The normalized spacial score (nSPS) is 12.8. The van der Waals surface area contributed by atoms with Crippen LogP contribution in [0.25, 0.3) is 5.69 Å². The van der Waals surface area contributed by atoms with Crippen molar-refractivity contribution in [1.29, 1.82) is 0 Å². The smallest absolute Gasteiger partial charge is 0.442 e. The molecule has 7 N–H and O–H groups in total. The summed E-state index contributed by atoms with van der Waals surface area (Å²) in [5.41, 5.74) is 4.43. The number of anilines is 1. The number of carbonyl (C=O) groups is 3. The van der Waals surface area contributed by atoms with Crippen LogP contribution in [-0.2, 0) is 24.8 Å². The first-order chi connectivity index (χ1) is 28.9. The molecule has 0 bridgehead atoms. The molecular weight excluding hydrogens is 940 g/mol. The van der Waals surface area contributed by atoms with Crippen LogP contribution in [0.5, 0.6) is 17.5 Å². The molecule has 2 unspecified atom stereocenters. The van der Waals surface area contributed by atoms with E-state index < -0.39 is 88.6 Å². The van der Waals surface area contributed by atoms with Gasteiger partial charge in [-0.15, -0.1) is 5.10 Å². The summed E-state index contributed by atoms with van der Waals surface area (Å²) in [7, 11) is -7.82. The minimum Gasteiger partial charge on any atom is -0.489 e. The molecule has 348 valence electrons. The van der Waals surface area contributed by atoms with Gasteiger partial charge in [0.15, 0.2) is 7.37 Å². The van der Waals surface area contributed by atoms with Crippen molar-refractivity contribution in [2.75, 3.05) is 18.1 Å². The molecule has 0 aliphatic rings. The molecule has 2 aromatic heterocycles. The number of carbonyl (C=O) groups excluding carboxylic acids is 1. The lowest BCUT2D eigenvalue weighted by molar-refractivity contribution is -0.138. The molecule has 2 amide bonds. The van der Waals surface area contributed by atoms with E-state index in [2.05, 4.69) is 24.5 Å². The van der Waals surface area contributed by atoms with Crippen LogP contribution in [0.1, 0.15) is 57.3 Å². The Morgan fingerprint density at radius 1 is 0.968 bits per heavy atom. The van der Waals surface area contributed by atoms with Crippen LogP contribution in [0.15, 0.2) is 56.6 Å². The van der Waals surface area contributed by atoms with Crippen LogP contribution in [0.3, 0.4) is 0 Å². The van der Waals surface area contributed by atoms with Gasteiger partial charge in [0, 0.05) is 24.3 Å². The number of hydrogen-bond acceptors (Lipinski definition) is 15. The van der Waals surface area contributed by atoms with Crippen molar-refractivity contribution in [2.24, 2.45) is 5.73 Å². The van der Waals surface area contributed by atoms with Gasteiger partial charge in [0.05, 0.1) is 33.5 Å². The maximum Gasteiger partial charge on any atom is 0.442 e. The van der Waals surface area contributed by atoms with Gasteiger partial charge in [-0.05, 0) is 38.5 Å². The highest BCUT2D eigenvalue weighted by Crippen LogP contribution is 2.36. The Kier molecular flexibility index (Phi) is 19.3. The molecule has 0 fully saturated rings. The summed E-state index contributed by atoms with van der Waals surface area (Å²) in [6.07, 6.45) is -0.0641. The van der Waals surface area contributed by atoms with Crippen molar-refractivity contribution >= 4 is 64.5 Å². The average molecular weight is 981 g/mol. The number of aromatic nitrogens is 4. The number of nitrogens with zero attached hydrogens (tertiary/aromatic N) is 4. The van der Waals surface area contributed by atoms with E-state index in [4.69, 9.17) is 53.2 Å². The highest BCUT2D eigenvalue weighted by molar-refractivity contribution is 7.90. The van der Waals surface area contributed by atoms with Crippen molar-refractivity contribution in [3.05, 3.63) is 74.5 Å². The van der Waals surface area contributed by atoms with Gasteiger partial charge in [-0.3, -0.25) is 14.7 Å². The van der Waals surface area contributed by atoms with E-state index in [0.29, 0.717) is 28.4 Å². The monoisotopic (exact) mass is 979 g/mol. The lowest BCUT2D eigenvalue weighted by Crippen LogP contribution is -2.35. The number of ether oxygens (including phenoxy) is 3. The number of urea groups is 1. The van der Waals surface area contributed by atoms with Crippen molar-refractivity contribution < 1.29 is 78.7 Å². The number of alkyl halides is 4. The maximum absolute atomic E-state index is 12.3. The summed E-state index contributed by atoms with van der Waals surface area (Å²) in [4.78, 5) is 59.8. The number of hydrogen-bond donors (Lipinski definition) is 6. The van der Waals surface area contributed by atoms with Crippen LogP contribution >= 0.6 is 30.6 Å². The van der Waals surface area contributed by atoms with Crippen molar-refractivity contribution in [3.63, 3.8) is 0 Å². The molecule has 21 nitrogen and oxygen atoms in total. The molecule has 0 aliphatic heterocycles. The first kappa shape index (κ1) is 53.6. The molecule has 4 rings (SSSR count). The Morgan fingerprint density at radius 2 is 1.52 bits per heavy atom.